The lowest BCUT2D eigenvalue weighted by atomic mass is 10.2. The van der Waals surface area contributed by atoms with E-state index >= 15 is 0 Å². The molecule has 1 aromatic heterocycles. The Kier molecular flexibility index (Phi) is 3.47. The van der Waals surface area contributed by atoms with E-state index in [-0.39, 0.29) is 5.56 Å². The number of rotatable bonds is 3. The average Bonchev–Trinajstić information content (AvgIpc) is 2.15. The molecule has 0 saturated carbocycles. The highest BCUT2D eigenvalue weighted by atomic mass is 19.4. The van der Waals surface area contributed by atoms with Gasteiger partial charge in [0.2, 0.25) is 0 Å². The summed E-state index contributed by atoms with van der Waals surface area (Å²) in [6.07, 6.45) is -4.59. The van der Waals surface area contributed by atoms with Crippen LogP contribution in [0.4, 0.5) is 18.9 Å². The van der Waals surface area contributed by atoms with Crippen molar-refractivity contribution in [2.24, 2.45) is 0 Å². The van der Waals surface area contributed by atoms with Gasteiger partial charge in [-0.15, -0.1) is 13.2 Å². The van der Waals surface area contributed by atoms with Crippen molar-refractivity contribution >= 4 is 5.69 Å². The molecule has 9 heteroatoms. The third-order valence-electron chi connectivity index (χ3n) is 1.64. The third kappa shape index (κ3) is 3.30. The highest BCUT2D eigenvalue weighted by Gasteiger charge is 2.36. The van der Waals surface area contributed by atoms with Crippen molar-refractivity contribution in [3.63, 3.8) is 0 Å². The molecule has 6 nitrogen and oxygen atoms in total. The largest absolute Gasteiger partial charge is 0.574 e. The molecule has 0 fully saturated rings. The summed E-state index contributed by atoms with van der Waals surface area (Å²) in [5, 5.41) is 19.0. The van der Waals surface area contributed by atoms with E-state index in [4.69, 9.17) is 5.26 Å². The lowest BCUT2D eigenvalue weighted by molar-refractivity contribution is -0.389. The third-order valence-corrected chi connectivity index (χ3v) is 1.64. The zero-order chi connectivity index (χ0) is 13.1. The van der Waals surface area contributed by atoms with Gasteiger partial charge in [-0.05, 0) is 6.07 Å². The summed E-state index contributed by atoms with van der Waals surface area (Å²) in [4.78, 5) is 12.7. The van der Waals surface area contributed by atoms with Crippen molar-refractivity contribution in [2.45, 2.75) is 12.8 Å². The van der Waals surface area contributed by atoms with Crippen LogP contribution < -0.4 is 4.74 Å². The number of nitriles is 1. The van der Waals surface area contributed by atoms with Gasteiger partial charge >= 0.3 is 17.9 Å². The van der Waals surface area contributed by atoms with E-state index in [2.05, 4.69) is 9.72 Å². The fourth-order valence-corrected chi connectivity index (χ4v) is 1.08. The second-order valence-electron chi connectivity index (χ2n) is 2.76. The summed E-state index contributed by atoms with van der Waals surface area (Å²) in [6.45, 7) is 0. The molecule has 90 valence electrons. The molecule has 0 saturated heterocycles. The van der Waals surface area contributed by atoms with Crippen LogP contribution in [0.15, 0.2) is 12.3 Å². The molecular weight excluding hydrogens is 243 g/mol. The number of alkyl halides is 3. The van der Waals surface area contributed by atoms with Crippen LogP contribution in [0.1, 0.15) is 5.56 Å². The highest BCUT2D eigenvalue weighted by Crippen LogP contribution is 2.32. The van der Waals surface area contributed by atoms with Gasteiger partial charge in [-0.2, -0.15) is 5.26 Å². The molecule has 17 heavy (non-hydrogen) atoms. The number of halogens is 3. The molecule has 0 aliphatic heterocycles. The Hall–Kier alpha value is -2.37. The standard InChI is InChI=1S/C8H4F3N3O3/c9-8(10,11)17-7-6(14(15)16)5(1-3-12)2-4-13-7/h2,4H,1H2. The van der Waals surface area contributed by atoms with Crippen LogP contribution in [-0.2, 0) is 6.42 Å². The predicted octanol–water partition coefficient (Wildman–Crippen LogP) is 1.95. The van der Waals surface area contributed by atoms with Gasteiger partial charge in [0.25, 0.3) is 0 Å². The lowest BCUT2D eigenvalue weighted by Crippen LogP contribution is -2.19. The van der Waals surface area contributed by atoms with E-state index in [1.807, 2.05) is 0 Å². The SMILES string of the molecule is N#CCc1ccnc(OC(F)(F)F)c1[N+](=O)[O-]. The molecule has 1 heterocycles. The van der Waals surface area contributed by atoms with E-state index in [9.17, 15) is 23.3 Å². The van der Waals surface area contributed by atoms with Crippen molar-refractivity contribution in [1.82, 2.24) is 4.98 Å². The van der Waals surface area contributed by atoms with Crippen molar-refractivity contribution < 1.29 is 22.8 Å². The number of aromatic nitrogens is 1. The Morgan fingerprint density at radius 3 is 2.71 bits per heavy atom. The number of ether oxygens (including phenoxy) is 1. The molecule has 0 N–H and O–H groups in total. The smallest absolute Gasteiger partial charge is 0.381 e. The summed E-state index contributed by atoms with van der Waals surface area (Å²) in [6, 6.07) is 2.69. The first-order valence-corrected chi connectivity index (χ1v) is 4.10. The zero-order valence-corrected chi connectivity index (χ0v) is 8.06. The Balaban J connectivity index is 3.26. The Labute approximate surface area is 92.4 Å². The second-order valence-corrected chi connectivity index (χ2v) is 2.76. The first-order chi connectivity index (χ1) is 7.85. The van der Waals surface area contributed by atoms with Crippen LogP contribution in [0.3, 0.4) is 0 Å². The summed E-state index contributed by atoms with van der Waals surface area (Å²) in [7, 11) is 0. The summed E-state index contributed by atoms with van der Waals surface area (Å²) >= 11 is 0. The van der Waals surface area contributed by atoms with Gasteiger partial charge in [0.15, 0.2) is 0 Å². The molecule has 0 aliphatic rings. The maximum Gasteiger partial charge on any atom is 0.574 e. The molecule has 0 amide bonds. The Morgan fingerprint density at radius 1 is 1.59 bits per heavy atom. The molecule has 0 unspecified atom stereocenters. The van der Waals surface area contributed by atoms with Gasteiger partial charge in [-0.1, -0.05) is 0 Å². The second kappa shape index (κ2) is 4.65. The molecule has 0 aliphatic carbocycles. The zero-order valence-electron chi connectivity index (χ0n) is 8.06. The van der Waals surface area contributed by atoms with E-state index in [0.29, 0.717) is 0 Å². The van der Waals surface area contributed by atoms with Gasteiger partial charge in [-0.3, -0.25) is 10.1 Å². The molecule has 1 rings (SSSR count). The predicted molar refractivity (Wildman–Crippen MR) is 46.9 cm³/mol. The first-order valence-electron chi connectivity index (χ1n) is 4.10. The summed E-state index contributed by atoms with van der Waals surface area (Å²) in [5.41, 5.74) is -1.14. The maximum atomic E-state index is 12.0. The highest BCUT2D eigenvalue weighted by molar-refractivity contribution is 5.49. The monoisotopic (exact) mass is 247 g/mol. The fraction of sp³-hybridized carbons (Fsp3) is 0.250. The van der Waals surface area contributed by atoms with Crippen molar-refractivity contribution in [2.75, 3.05) is 0 Å². The number of hydrogen-bond acceptors (Lipinski definition) is 5. The van der Waals surface area contributed by atoms with Gasteiger partial charge in [-0.25, -0.2) is 4.98 Å². The van der Waals surface area contributed by atoms with Crippen molar-refractivity contribution in [3.8, 4) is 11.9 Å². The maximum absolute atomic E-state index is 12.0. The van der Waals surface area contributed by atoms with E-state index in [1.165, 1.54) is 0 Å². The summed E-state index contributed by atoms with van der Waals surface area (Å²) < 4.78 is 39.3. The van der Waals surface area contributed by atoms with Gasteiger partial charge in [0, 0.05) is 6.20 Å². The van der Waals surface area contributed by atoms with Crippen LogP contribution in [0.2, 0.25) is 0 Å². The molecule has 0 spiro atoms. The Bertz CT molecular complexity index is 481. The first kappa shape index (κ1) is 12.7. The average molecular weight is 247 g/mol. The number of pyridine rings is 1. The van der Waals surface area contributed by atoms with Crippen LogP contribution >= 0.6 is 0 Å². The van der Waals surface area contributed by atoms with E-state index < -0.39 is 29.3 Å². The minimum atomic E-state index is -5.08. The van der Waals surface area contributed by atoms with E-state index in [0.717, 1.165) is 12.3 Å². The van der Waals surface area contributed by atoms with Gasteiger partial charge in [0.1, 0.15) is 0 Å². The lowest BCUT2D eigenvalue weighted by Gasteiger charge is -2.08. The van der Waals surface area contributed by atoms with E-state index in [1.54, 1.807) is 6.07 Å². The quantitative estimate of drug-likeness (QED) is 0.601. The molecule has 0 bridgehead atoms. The van der Waals surface area contributed by atoms with Gasteiger partial charge < -0.3 is 4.74 Å². The molecule has 0 aromatic carbocycles. The van der Waals surface area contributed by atoms with Gasteiger partial charge in [0.05, 0.1) is 23.0 Å². The van der Waals surface area contributed by atoms with Crippen LogP contribution in [-0.4, -0.2) is 16.3 Å². The molecular formula is C8H4F3N3O3. The minimum absolute atomic E-state index is 0.188. The van der Waals surface area contributed by atoms with Crippen LogP contribution in [0, 0.1) is 21.4 Å². The number of nitrogens with zero attached hydrogens (tertiary/aromatic N) is 3. The van der Waals surface area contributed by atoms with Crippen molar-refractivity contribution in [1.29, 1.82) is 5.26 Å². The number of hydrogen-bond donors (Lipinski definition) is 0. The number of nitro groups is 1. The van der Waals surface area contributed by atoms with Crippen molar-refractivity contribution in [3.05, 3.63) is 27.9 Å². The normalized spacial score (nSPS) is 10.7. The molecule has 1 aromatic rings. The van der Waals surface area contributed by atoms with Crippen LogP contribution in [0.25, 0.3) is 0 Å². The van der Waals surface area contributed by atoms with Crippen LogP contribution in [0.5, 0.6) is 5.88 Å². The fourth-order valence-electron chi connectivity index (χ4n) is 1.08. The summed E-state index contributed by atoms with van der Waals surface area (Å²) in [5.74, 6) is -1.17. The molecule has 0 radical (unpaired) electrons. The molecule has 0 atom stereocenters. The minimum Gasteiger partial charge on any atom is -0.381 e. The Morgan fingerprint density at radius 2 is 2.24 bits per heavy atom. The topological polar surface area (TPSA) is 89.0 Å².